The Kier molecular flexibility index (Phi) is 9.21. The van der Waals surface area contributed by atoms with Crippen LogP contribution in [0.1, 0.15) is 76.0 Å². The predicted octanol–water partition coefficient (Wildman–Crippen LogP) is 6.16. The Morgan fingerprint density at radius 1 is 1.00 bits per heavy atom. The molecule has 1 aromatic carbocycles. The van der Waals surface area contributed by atoms with E-state index < -0.39 is 0 Å². The average Bonchev–Trinajstić information content (AvgIpc) is 2.40. The summed E-state index contributed by atoms with van der Waals surface area (Å²) in [7, 11) is 0. The molecule has 1 atom stereocenters. The van der Waals surface area contributed by atoms with Crippen LogP contribution in [0, 0.1) is 6.92 Å². The monoisotopic (exact) mass is 339 g/mol. The van der Waals surface area contributed by atoms with E-state index in [0.29, 0.717) is 6.04 Å². The van der Waals surface area contributed by atoms with E-state index in [2.05, 4.69) is 60.2 Å². The Bertz CT molecular complexity index is 355. The van der Waals surface area contributed by atoms with Gasteiger partial charge in [-0.15, -0.1) is 0 Å². The van der Waals surface area contributed by atoms with Gasteiger partial charge in [0.15, 0.2) is 0 Å². The van der Waals surface area contributed by atoms with Crippen LogP contribution in [-0.4, -0.2) is 6.54 Å². The van der Waals surface area contributed by atoms with E-state index in [4.69, 9.17) is 0 Å². The minimum absolute atomic E-state index is 0.502. The van der Waals surface area contributed by atoms with Crippen LogP contribution in [0.2, 0.25) is 0 Å². The molecule has 0 saturated heterocycles. The van der Waals surface area contributed by atoms with Gasteiger partial charge in [-0.25, -0.2) is 0 Å². The lowest BCUT2D eigenvalue weighted by Crippen LogP contribution is -2.21. The van der Waals surface area contributed by atoms with Crippen molar-refractivity contribution in [3.63, 3.8) is 0 Å². The van der Waals surface area contributed by atoms with Crippen molar-refractivity contribution < 1.29 is 0 Å². The van der Waals surface area contributed by atoms with Gasteiger partial charge in [-0.3, -0.25) is 0 Å². The fourth-order valence-electron chi connectivity index (χ4n) is 2.73. The van der Waals surface area contributed by atoms with E-state index in [1.54, 1.807) is 0 Å². The highest BCUT2D eigenvalue weighted by atomic mass is 79.9. The first-order chi connectivity index (χ1) is 9.67. The van der Waals surface area contributed by atoms with Gasteiger partial charge in [-0.2, -0.15) is 0 Å². The van der Waals surface area contributed by atoms with Gasteiger partial charge < -0.3 is 5.32 Å². The Hall–Kier alpha value is -0.340. The van der Waals surface area contributed by atoms with Gasteiger partial charge in [0.1, 0.15) is 0 Å². The van der Waals surface area contributed by atoms with Gasteiger partial charge in [0.2, 0.25) is 0 Å². The SMILES string of the molecule is CCCCCCCCC(NCC)c1cc(C)cc(Br)c1. The smallest absolute Gasteiger partial charge is 0.0320 e. The van der Waals surface area contributed by atoms with E-state index in [1.807, 2.05) is 0 Å². The number of unbranched alkanes of at least 4 members (excludes halogenated alkanes) is 5. The highest BCUT2D eigenvalue weighted by Crippen LogP contribution is 2.25. The number of aryl methyl sites for hydroxylation is 1. The molecule has 1 unspecified atom stereocenters. The molecule has 0 spiro atoms. The normalized spacial score (nSPS) is 12.6. The van der Waals surface area contributed by atoms with Crippen LogP contribution in [0.15, 0.2) is 22.7 Å². The van der Waals surface area contributed by atoms with Crippen LogP contribution in [0.25, 0.3) is 0 Å². The molecule has 0 aliphatic rings. The minimum atomic E-state index is 0.502. The maximum atomic E-state index is 3.63. The first kappa shape index (κ1) is 17.7. The van der Waals surface area contributed by atoms with Crippen molar-refractivity contribution in [3.05, 3.63) is 33.8 Å². The van der Waals surface area contributed by atoms with Crippen molar-refractivity contribution in [1.29, 1.82) is 0 Å². The number of hydrogen-bond donors (Lipinski definition) is 1. The zero-order valence-corrected chi connectivity index (χ0v) is 14.9. The van der Waals surface area contributed by atoms with Crippen LogP contribution in [-0.2, 0) is 0 Å². The van der Waals surface area contributed by atoms with E-state index >= 15 is 0 Å². The second kappa shape index (κ2) is 10.4. The largest absolute Gasteiger partial charge is 0.310 e. The van der Waals surface area contributed by atoms with Gasteiger partial charge in [-0.1, -0.05) is 74.4 Å². The molecule has 0 aliphatic carbocycles. The topological polar surface area (TPSA) is 12.0 Å². The number of halogens is 1. The van der Waals surface area contributed by atoms with Crippen molar-refractivity contribution in [1.82, 2.24) is 5.32 Å². The molecule has 0 bridgehead atoms. The maximum Gasteiger partial charge on any atom is 0.0320 e. The summed E-state index contributed by atoms with van der Waals surface area (Å²) >= 11 is 3.61. The molecule has 2 heteroatoms. The van der Waals surface area contributed by atoms with Crippen LogP contribution >= 0.6 is 15.9 Å². The van der Waals surface area contributed by atoms with Crippen LogP contribution < -0.4 is 5.32 Å². The summed E-state index contributed by atoms with van der Waals surface area (Å²) in [4.78, 5) is 0. The molecule has 1 N–H and O–H groups in total. The molecule has 1 rings (SSSR count). The van der Waals surface area contributed by atoms with Crippen molar-refractivity contribution in [2.45, 2.75) is 71.8 Å². The van der Waals surface area contributed by atoms with E-state index in [-0.39, 0.29) is 0 Å². The summed E-state index contributed by atoms with van der Waals surface area (Å²) in [5.74, 6) is 0. The molecule has 114 valence electrons. The van der Waals surface area contributed by atoms with Crippen LogP contribution in [0.3, 0.4) is 0 Å². The van der Waals surface area contributed by atoms with Gasteiger partial charge in [0.25, 0.3) is 0 Å². The van der Waals surface area contributed by atoms with Gasteiger partial charge in [-0.05, 0) is 43.1 Å². The van der Waals surface area contributed by atoms with Crippen molar-refractivity contribution in [2.24, 2.45) is 0 Å². The Morgan fingerprint density at radius 3 is 2.35 bits per heavy atom. The highest BCUT2D eigenvalue weighted by Gasteiger charge is 2.10. The molecule has 20 heavy (non-hydrogen) atoms. The number of rotatable bonds is 10. The molecule has 0 amide bonds. The second-order valence-electron chi connectivity index (χ2n) is 5.73. The fourth-order valence-corrected chi connectivity index (χ4v) is 3.35. The lowest BCUT2D eigenvalue weighted by molar-refractivity contribution is 0.476. The third-order valence-electron chi connectivity index (χ3n) is 3.76. The van der Waals surface area contributed by atoms with E-state index in [1.165, 1.54) is 60.5 Å². The van der Waals surface area contributed by atoms with Gasteiger partial charge in [0, 0.05) is 10.5 Å². The zero-order valence-electron chi connectivity index (χ0n) is 13.3. The third-order valence-corrected chi connectivity index (χ3v) is 4.22. The number of hydrogen-bond acceptors (Lipinski definition) is 1. The molecule has 0 aromatic heterocycles. The molecule has 0 aliphatic heterocycles. The minimum Gasteiger partial charge on any atom is -0.310 e. The molecule has 0 heterocycles. The van der Waals surface area contributed by atoms with Crippen molar-refractivity contribution >= 4 is 15.9 Å². The standard InChI is InChI=1S/C18H30BrN/c1-4-6-7-8-9-10-11-18(20-5-2)16-12-15(3)13-17(19)14-16/h12-14,18,20H,4-11H2,1-3H3. The number of benzene rings is 1. The van der Waals surface area contributed by atoms with Crippen LogP contribution in [0.5, 0.6) is 0 Å². The van der Waals surface area contributed by atoms with Crippen molar-refractivity contribution in [3.8, 4) is 0 Å². The molecular weight excluding hydrogens is 310 g/mol. The summed E-state index contributed by atoms with van der Waals surface area (Å²) in [6.45, 7) is 7.67. The van der Waals surface area contributed by atoms with Gasteiger partial charge >= 0.3 is 0 Å². The average molecular weight is 340 g/mol. The molecule has 0 radical (unpaired) electrons. The summed E-state index contributed by atoms with van der Waals surface area (Å²) in [5, 5.41) is 3.63. The van der Waals surface area contributed by atoms with Crippen LogP contribution in [0.4, 0.5) is 0 Å². The lowest BCUT2D eigenvalue weighted by atomic mass is 9.98. The third kappa shape index (κ3) is 6.90. The molecule has 0 saturated carbocycles. The summed E-state index contributed by atoms with van der Waals surface area (Å²) in [6, 6.07) is 7.26. The zero-order chi connectivity index (χ0) is 14.8. The van der Waals surface area contributed by atoms with Crippen molar-refractivity contribution in [2.75, 3.05) is 6.54 Å². The number of nitrogens with one attached hydrogen (secondary N) is 1. The fraction of sp³-hybridized carbons (Fsp3) is 0.667. The molecule has 1 nitrogen and oxygen atoms in total. The predicted molar refractivity (Wildman–Crippen MR) is 93.3 cm³/mol. The summed E-state index contributed by atoms with van der Waals surface area (Å²) in [5.41, 5.74) is 2.76. The quantitative estimate of drug-likeness (QED) is 0.503. The Morgan fingerprint density at radius 2 is 1.70 bits per heavy atom. The molecule has 0 fully saturated rings. The Labute approximate surface area is 133 Å². The lowest BCUT2D eigenvalue weighted by Gasteiger charge is -2.19. The molecule has 1 aromatic rings. The van der Waals surface area contributed by atoms with E-state index in [0.717, 1.165) is 6.54 Å². The molecular formula is C18H30BrN. The summed E-state index contributed by atoms with van der Waals surface area (Å²) in [6.07, 6.45) is 9.46. The Balaban J connectivity index is 2.47. The highest BCUT2D eigenvalue weighted by molar-refractivity contribution is 9.10. The van der Waals surface area contributed by atoms with E-state index in [9.17, 15) is 0 Å². The summed E-state index contributed by atoms with van der Waals surface area (Å²) < 4.78 is 1.19. The maximum absolute atomic E-state index is 3.63. The second-order valence-corrected chi connectivity index (χ2v) is 6.64. The first-order valence-electron chi connectivity index (χ1n) is 8.17. The van der Waals surface area contributed by atoms with Gasteiger partial charge in [0.05, 0.1) is 0 Å². The first-order valence-corrected chi connectivity index (χ1v) is 8.97.